The maximum absolute atomic E-state index is 13.7. The van der Waals surface area contributed by atoms with Gasteiger partial charge >= 0.3 is 0 Å². The van der Waals surface area contributed by atoms with E-state index < -0.39 is 28.5 Å². The fraction of sp³-hybridized carbons (Fsp3) is 0.259. The monoisotopic (exact) mass is 493 g/mol. The maximum Gasteiger partial charge on any atom is 0.264 e. The molecule has 3 aromatic carbocycles. The summed E-state index contributed by atoms with van der Waals surface area (Å²) in [5, 5.41) is 2.76. The minimum Gasteiger partial charge on any atom is -0.355 e. The van der Waals surface area contributed by atoms with Crippen LogP contribution in [0, 0.1) is 6.92 Å². The van der Waals surface area contributed by atoms with Crippen molar-refractivity contribution in [2.75, 3.05) is 17.4 Å². The number of nitrogens with zero attached hydrogens (tertiary/aromatic N) is 2. The molecule has 0 aromatic heterocycles. The van der Waals surface area contributed by atoms with Crippen LogP contribution in [0.5, 0.6) is 0 Å². The third kappa shape index (κ3) is 6.27. The van der Waals surface area contributed by atoms with E-state index in [9.17, 15) is 18.0 Å². The first-order valence-electron chi connectivity index (χ1n) is 11.5. The highest BCUT2D eigenvalue weighted by molar-refractivity contribution is 7.92. The summed E-state index contributed by atoms with van der Waals surface area (Å²) in [5.74, 6) is -0.776. The van der Waals surface area contributed by atoms with Crippen molar-refractivity contribution < 1.29 is 18.0 Å². The summed E-state index contributed by atoms with van der Waals surface area (Å²) in [6, 6.07) is 23.3. The number of nitrogens with one attached hydrogen (secondary N) is 1. The first-order chi connectivity index (χ1) is 16.8. The zero-order valence-corrected chi connectivity index (χ0v) is 21.0. The molecule has 0 spiro atoms. The van der Waals surface area contributed by atoms with Crippen molar-refractivity contribution in [3.63, 3.8) is 0 Å². The molecule has 2 amide bonds. The summed E-state index contributed by atoms with van der Waals surface area (Å²) in [5.41, 5.74) is 2.23. The molecule has 1 atom stereocenters. The lowest BCUT2D eigenvalue weighted by atomic mass is 10.1. The number of rotatable bonds is 10. The van der Waals surface area contributed by atoms with Crippen LogP contribution >= 0.6 is 0 Å². The third-order valence-electron chi connectivity index (χ3n) is 5.77. The molecule has 3 aromatic rings. The number of sulfonamides is 1. The minimum atomic E-state index is -4.03. The van der Waals surface area contributed by atoms with Crippen molar-refractivity contribution in [1.82, 2.24) is 10.2 Å². The molecule has 0 aliphatic carbocycles. The Kier molecular flexibility index (Phi) is 8.65. The highest BCUT2D eigenvalue weighted by Gasteiger charge is 2.32. The normalized spacial score (nSPS) is 12.0. The van der Waals surface area contributed by atoms with Crippen molar-refractivity contribution in [3.05, 3.63) is 96.1 Å². The molecule has 1 N–H and O–H groups in total. The second-order valence-electron chi connectivity index (χ2n) is 8.18. The van der Waals surface area contributed by atoms with Crippen LogP contribution in [-0.4, -0.2) is 44.3 Å². The average Bonchev–Trinajstić information content (AvgIpc) is 2.87. The van der Waals surface area contributed by atoms with E-state index in [1.165, 1.54) is 17.0 Å². The quantitative estimate of drug-likeness (QED) is 0.466. The van der Waals surface area contributed by atoms with Gasteiger partial charge < -0.3 is 10.2 Å². The van der Waals surface area contributed by atoms with E-state index in [2.05, 4.69) is 5.32 Å². The van der Waals surface area contributed by atoms with Crippen molar-refractivity contribution in [2.24, 2.45) is 0 Å². The Bertz CT molecular complexity index is 1250. The van der Waals surface area contributed by atoms with Gasteiger partial charge in [0.2, 0.25) is 11.8 Å². The molecule has 0 saturated heterocycles. The number of carbonyl (C=O) groups is 2. The zero-order valence-electron chi connectivity index (χ0n) is 20.2. The van der Waals surface area contributed by atoms with Gasteiger partial charge in [-0.25, -0.2) is 8.42 Å². The Morgan fingerprint density at radius 2 is 1.46 bits per heavy atom. The van der Waals surface area contributed by atoms with E-state index in [-0.39, 0.29) is 17.3 Å². The number of benzene rings is 3. The molecule has 0 unspecified atom stereocenters. The van der Waals surface area contributed by atoms with Crippen LogP contribution < -0.4 is 9.62 Å². The fourth-order valence-corrected chi connectivity index (χ4v) is 5.15. The topological polar surface area (TPSA) is 86.8 Å². The maximum atomic E-state index is 13.7. The van der Waals surface area contributed by atoms with Gasteiger partial charge in [0.15, 0.2) is 0 Å². The van der Waals surface area contributed by atoms with Gasteiger partial charge in [0.1, 0.15) is 12.6 Å². The number of hydrogen-bond acceptors (Lipinski definition) is 4. The van der Waals surface area contributed by atoms with Crippen LogP contribution in [0.15, 0.2) is 89.8 Å². The second kappa shape index (κ2) is 11.7. The molecule has 0 bridgehead atoms. The largest absolute Gasteiger partial charge is 0.355 e. The number of hydrogen-bond donors (Lipinski definition) is 1. The lowest BCUT2D eigenvalue weighted by molar-refractivity contribution is -0.139. The lowest BCUT2D eigenvalue weighted by Crippen LogP contribution is -2.51. The molecular weight excluding hydrogens is 462 g/mol. The van der Waals surface area contributed by atoms with Crippen LogP contribution in [0.25, 0.3) is 0 Å². The molecule has 184 valence electrons. The molecule has 0 aliphatic rings. The Labute approximate surface area is 207 Å². The van der Waals surface area contributed by atoms with Gasteiger partial charge in [-0.2, -0.15) is 0 Å². The number of aryl methyl sites for hydroxylation is 1. The summed E-state index contributed by atoms with van der Waals surface area (Å²) in [6.07, 6.45) is 0. The van der Waals surface area contributed by atoms with Gasteiger partial charge in [0.05, 0.1) is 10.6 Å². The number of carbonyl (C=O) groups excluding carboxylic acids is 2. The number of para-hydroxylation sites is 1. The highest BCUT2D eigenvalue weighted by Crippen LogP contribution is 2.24. The molecule has 8 heteroatoms. The van der Waals surface area contributed by atoms with Gasteiger partial charge in [-0.3, -0.25) is 13.9 Å². The van der Waals surface area contributed by atoms with Crippen LogP contribution in [0.1, 0.15) is 25.0 Å². The van der Waals surface area contributed by atoms with Crippen molar-refractivity contribution >= 4 is 27.5 Å². The summed E-state index contributed by atoms with van der Waals surface area (Å²) >= 11 is 0. The van der Waals surface area contributed by atoms with E-state index in [0.29, 0.717) is 12.2 Å². The third-order valence-corrected chi connectivity index (χ3v) is 7.56. The lowest BCUT2D eigenvalue weighted by Gasteiger charge is -2.32. The smallest absolute Gasteiger partial charge is 0.264 e. The van der Waals surface area contributed by atoms with Crippen LogP contribution in [-0.2, 0) is 26.2 Å². The van der Waals surface area contributed by atoms with Crippen molar-refractivity contribution in [3.8, 4) is 0 Å². The molecule has 3 rings (SSSR count). The Morgan fingerprint density at radius 3 is 2.06 bits per heavy atom. The van der Waals surface area contributed by atoms with Crippen LogP contribution in [0.3, 0.4) is 0 Å². The standard InChI is InChI=1S/C27H31N3O4S/c1-4-28-27(32)22(3)29(19-23-14-12-11-13-21(23)2)26(31)20-30(24-15-7-5-8-16-24)35(33,34)25-17-9-6-10-18-25/h5-18,22H,4,19-20H2,1-3H3,(H,28,32)/t22-/m1/s1. The highest BCUT2D eigenvalue weighted by atomic mass is 32.2. The van der Waals surface area contributed by atoms with E-state index in [4.69, 9.17) is 0 Å². The number of amides is 2. The first-order valence-corrected chi connectivity index (χ1v) is 12.9. The molecule has 0 saturated carbocycles. The fourth-order valence-electron chi connectivity index (χ4n) is 3.72. The first kappa shape index (κ1) is 26.0. The molecule has 0 fully saturated rings. The van der Waals surface area contributed by atoms with Crippen LogP contribution in [0.2, 0.25) is 0 Å². The minimum absolute atomic E-state index is 0.0823. The predicted molar refractivity (Wildman–Crippen MR) is 137 cm³/mol. The molecule has 35 heavy (non-hydrogen) atoms. The molecule has 7 nitrogen and oxygen atoms in total. The van der Waals surface area contributed by atoms with Gasteiger partial charge in [-0.1, -0.05) is 60.7 Å². The molecular formula is C27H31N3O4S. The Morgan fingerprint density at radius 1 is 0.886 bits per heavy atom. The van der Waals surface area contributed by atoms with E-state index in [1.54, 1.807) is 55.5 Å². The molecule has 0 radical (unpaired) electrons. The van der Waals surface area contributed by atoms with E-state index in [1.807, 2.05) is 38.1 Å². The van der Waals surface area contributed by atoms with Gasteiger partial charge in [0.25, 0.3) is 10.0 Å². The summed E-state index contributed by atoms with van der Waals surface area (Å²) in [6.45, 7) is 5.55. The number of anilines is 1. The summed E-state index contributed by atoms with van der Waals surface area (Å²) < 4.78 is 28.3. The summed E-state index contributed by atoms with van der Waals surface area (Å²) in [4.78, 5) is 27.9. The van der Waals surface area contributed by atoms with Crippen molar-refractivity contribution in [1.29, 1.82) is 0 Å². The Balaban J connectivity index is 2.00. The second-order valence-corrected chi connectivity index (χ2v) is 10.0. The van der Waals surface area contributed by atoms with E-state index >= 15 is 0 Å². The van der Waals surface area contributed by atoms with Gasteiger partial charge in [-0.05, 0) is 56.2 Å². The zero-order chi connectivity index (χ0) is 25.4. The molecule has 0 heterocycles. The van der Waals surface area contributed by atoms with Gasteiger partial charge in [0, 0.05) is 13.1 Å². The molecule has 0 aliphatic heterocycles. The predicted octanol–water partition coefficient (Wildman–Crippen LogP) is 3.74. The average molecular weight is 494 g/mol. The SMILES string of the molecule is CCNC(=O)[C@@H](C)N(Cc1ccccc1C)C(=O)CN(c1ccccc1)S(=O)(=O)c1ccccc1. The number of likely N-dealkylation sites (N-methyl/N-ethyl adjacent to an activating group) is 1. The van der Waals surface area contributed by atoms with E-state index in [0.717, 1.165) is 15.4 Å². The van der Waals surface area contributed by atoms with Crippen molar-refractivity contribution in [2.45, 2.75) is 38.3 Å². The van der Waals surface area contributed by atoms with Crippen LogP contribution in [0.4, 0.5) is 5.69 Å². The summed E-state index contributed by atoms with van der Waals surface area (Å²) in [7, 11) is -4.03. The Hall–Kier alpha value is -3.65. The van der Waals surface area contributed by atoms with Gasteiger partial charge in [-0.15, -0.1) is 0 Å².